The maximum Gasteiger partial charge on any atom is 0.00952 e. The van der Waals surface area contributed by atoms with Crippen molar-refractivity contribution in [3.63, 3.8) is 0 Å². The third-order valence-corrected chi connectivity index (χ3v) is 10.6. The van der Waals surface area contributed by atoms with Crippen LogP contribution in [0.4, 0.5) is 0 Å². The van der Waals surface area contributed by atoms with Gasteiger partial charge in [-0.25, -0.2) is 0 Å². The van der Waals surface area contributed by atoms with Crippen molar-refractivity contribution in [2.24, 2.45) is 11.8 Å². The molecule has 0 saturated heterocycles. The molecule has 0 aromatic heterocycles. The SMILES string of the molecule is CCCCCCCC1CCCCCCCCC(N(CCC)CCCC)CCCCCCCCC1CCCCCCC. The Morgan fingerprint density at radius 3 is 1.17 bits per heavy atom. The highest BCUT2D eigenvalue weighted by Gasteiger charge is 2.21. The molecular weight excluding hydrogens is 494 g/mol. The second-order valence-electron chi connectivity index (χ2n) is 14.4. The number of hydrogen-bond acceptors (Lipinski definition) is 1. The van der Waals surface area contributed by atoms with Gasteiger partial charge in [0.05, 0.1) is 0 Å². The molecule has 0 N–H and O–H groups in total. The molecule has 0 bridgehead atoms. The molecule has 1 aliphatic rings. The summed E-state index contributed by atoms with van der Waals surface area (Å²) in [6, 6.07) is 0.861. The van der Waals surface area contributed by atoms with E-state index in [0.717, 1.165) is 17.9 Å². The smallest absolute Gasteiger partial charge is 0.00952 e. The van der Waals surface area contributed by atoms with E-state index in [1.54, 1.807) is 12.8 Å². The van der Waals surface area contributed by atoms with Gasteiger partial charge in [-0.05, 0) is 50.6 Å². The average molecular weight is 576 g/mol. The lowest BCUT2D eigenvalue weighted by Crippen LogP contribution is -2.36. The van der Waals surface area contributed by atoms with Crippen molar-refractivity contribution in [3.8, 4) is 0 Å². The summed E-state index contributed by atoms with van der Waals surface area (Å²) in [5.41, 5.74) is 0. The highest BCUT2D eigenvalue weighted by Crippen LogP contribution is 2.34. The maximum atomic E-state index is 2.90. The molecule has 41 heavy (non-hydrogen) atoms. The highest BCUT2D eigenvalue weighted by molar-refractivity contribution is 4.74. The first-order chi connectivity index (χ1) is 20.3. The zero-order valence-electron chi connectivity index (χ0n) is 29.5. The number of nitrogens with zero attached hydrogens (tertiary/aromatic N) is 1. The fourth-order valence-corrected chi connectivity index (χ4v) is 7.87. The van der Waals surface area contributed by atoms with Crippen LogP contribution in [0.5, 0.6) is 0 Å². The zero-order valence-corrected chi connectivity index (χ0v) is 29.5. The second kappa shape index (κ2) is 30.0. The molecule has 1 rings (SSSR count). The molecule has 2 unspecified atom stereocenters. The van der Waals surface area contributed by atoms with Crippen LogP contribution in [0.1, 0.15) is 227 Å². The minimum Gasteiger partial charge on any atom is -0.300 e. The summed E-state index contributed by atoms with van der Waals surface area (Å²) in [4.78, 5) is 2.90. The molecule has 0 amide bonds. The lowest BCUT2D eigenvalue weighted by atomic mass is 9.78. The second-order valence-corrected chi connectivity index (χ2v) is 14.4. The monoisotopic (exact) mass is 576 g/mol. The summed E-state index contributed by atoms with van der Waals surface area (Å²) in [7, 11) is 0. The van der Waals surface area contributed by atoms with Crippen molar-refractivity contribution >= 4 is 0 Å². The largest absolute Gasteiger partial charge is 0.300 e. The van der Waals surface area contributed by atoms with Crippen molar-refractivity contribution in [2.75, 3.05) is 13.1 Å². The average Bonchev–Trinajstić information content (AvgIpc) is 2.98. The van der Waals surface area contributed by atoms with Gasteiger partial charge in [0.15, 0.2) is 0 Å². The first-order valence-electron chi connectivity index (χ1n) is 20.0. The fourth-order valence-electron chi connectivity index (χ4n) is 7.87. The van der Waals surface area contributed by atoms with Crippen LogP contribution in [0.25, 0.3) is 0 Å². The number of hydrogen-bond donors (Lipinski definition) is 0. The molecule has 2 atom stereocenters. The van der Waals surface area contributed by atoms with E-state index in [9.17, 15) is 0 Å². The van der Waals surface area contributed by atoms with E-state index in [1.165, 1.54) is 199 Å². The van der Waals surface area contributed by atoms with Crippen molar-refractivity contribution in [3.05, 3.63) is 0 Å². The summed E-state index contributed by atoms with van der Waals surface area (Å²) >= 11 is 0. The van der Waals surface area contributed by atoms with Gasteiger partial charge in [0, 0.05) is 6.04 Å². The molecule has 0 aliphatic heterocycles. The van der Waals surface area contributed by atoms with Gasteiger partial charge in [0.2, 0.25) is 0 Å². The lowest BCUT2D eigenvalue weighted by Gasteiger charge is -2.32. The van der Waals surface area contributed by atoms with Gasteiger partial charge in [0.25, 0.3) is 0 Å². The predicted molar refractivity (Wildman–Crippen MR) is 188 cm³/mol. The topological polar surface area (TPSA) is 3.24 Å². The van der Waals surface area contributed by atoms with Gasteiger partial charge < -0.3 is 4.90 Å². The van der Waals surface area contributed by atoms with Gasteiger partial charge in [-0.15, -0.1) is 0 Å². The van der Waals surface area contributed by atoms with Crippen LogP contribution in [0, 0.1) is 11.8 Å². The zero-order chi connectivity index (χ0) is 29.6. The van der Waals surface area contributed by atoms with Crippen LogP contribution in [-0.2, 0) is 0 Å². The molecule has 1 aliphatic carbocycles. The van der Waals surface area contributed by atoms with E-state index in [2.05, 4.69) is 32.6 Å². The lowest BCUT2D eigenvalue weighted by molar-refractivity contribution is 0.168. The third kappa shape index (κ3) is 22.2. The van der Waals surface area contributed by atoms with Crippen molar-refractivity contribution in [2.45, 2.75) is 233 Å². The third-order valence-electron chi connectivity index (χ3n) is 10.6. The van der Waals surface area contributed by atoms with Gasteiger partial charge in [0.1, 0.15) is 0 Å². The Labute approximate surface area is 262 Å². The van der Waals surface area contributed by atoms with Crippen LogP contribution in [0.15, 0.2) is 0 Å². The van der Waals surface area contributed by atoms with Crippen molar-refractivity contribution in [1.82, 2.24) is 4.90 Å². The first-order valence-corrected chi connectivity index (χ1v) is 20.0. The molecule has 1 heteroatoms. The summed E-state index contributed by atoms with van der Waals surface area (Å²) in [6.45, 7) is 12.1. The molecule has 0 radical (unpaired) electrons. The Morgan fingerprint density at radius 2 is 0.756 bits per heavy atom. The van der Waals surface area contributed by atoms with Crippen LogP contribution < -0.4 is 0 Å². The molecule has 1 saturated carbocycles. The van der Waals surface area contributed by atoms with E-state index in [4.69, 9.17) is 0 Å². The Balaban J connectivity index is 2.70. The molecule has 246 valence electrons. The predicted octanol–water partition coefficient (Wildman–Crippen LogP) is 14.1. The first kappa shape index (κ1) is 39.0. The summed E-state index contributed by atoms with van der Waals surface area (Å²) in [5, 5.41) is 0. The Bertz CT molecular complexity index is 465. The van der Waals surface area contributed by atoms with E-state index in [-0.39, 0.29) is 0 Å². The van der Waals surface area contributed by atoms with E-state index >= 15 is 0 Å². The van der Waals surface area contributed by atoms with Crippen LogP contribution in [0.3, 0.4) is 0 Å². The fraction of sp³-hybridized carbons (Fsp3) is 1.00. The summed E-state index contributed by atoms with van der Waals surface area (Å²) < 4.78 is 0. The number of rotatable bonds is 18. The molecule has 0 aromatic rings. The minimum absolute atomic E-state index is 0.861. The molecule has 0 spiro atoms. The van der Waals surface area contributed by atoms with E-state index < -0.39 is 0 Å². The van der Waals surface area contributed by atoms with Crippen LogP contribution in [0.2, 0.25) is 0 Å². The van der Waals surface area contributed by atoms with E-state index in [0.29, 0.717) is 0 Å². The minimum atomic E-state index is 0.861. The molecule has 1 fully saturated rings. The molecular formula is C40H81N. The Morgan fingerprint density at radius 1 is 0.366 bits per heavy atom. The van der Waals surface area contributed by atoms with Crippen LogP contribution in [-0.4, -0.2) is 24.0 Å². The molecule has 1 nitrogen and oxygen atoms in total. The normalized spacial score (nSPS) is 23.2. The van der Waals surface area contributed by atoms with Gasteiger partial charge in [-0.3, -0.25) is 0 Å². The summed E-state index contributed by atoms with van der Waals surface area (Å²) in [6.07, 6.45) is 45.6. The van der Waals surface area contributed by atoms with Crippen molar-refractivity contribution < 1.29 is 0 Å². The number of unbranched alkanes of at least 4 members (excludes halogenated alkanes) is 9. The van der Waals surface area contributed by atoms with Gasteiger partial charge in [-0.2, -0.15) is 0 Å². The highest BCUT2D eigenvalue weighted by atomic mass is 15.1. The summed E-state index contributed by atoms with van der Waals surface area (Å²) in [5.74, 6) is 2.05. The molecule has 0 aromatic carbocycles. The maximum absolute atomic E-state index is 2.90. The van der Waals surface area contributed by atoms with E-state index in [1.807, 2.05) is 0 Å². The standard InChI is InChI=1S/C40H81N/c1-5-9-12-18-24-30-38-32-26-20-14-16-22-28-34-40(41(36-8-4)37-11-7-3)35-29-23-17-15-21-27-33-39(38)31-25-19-13-10-6-2/h38-40H,5-37H2,1-4H3. The van der Waals surface area contributed by atoms with Crippen LogP contribution >= 0.6 is 0 Å². The van der Waals surface area contributed by atoms with Crippen molar-refractivity contribution in [1.29, 1.82) is 0 Å². The Hall–Kier alpha value is -0.0400. The molecule has 0 heterocycles. The Kier molecular flexibility index (Phi) is 28.5. The van der Waals surface area contributed by atoms with Gasteiger partial charge in [-0.1, -0.05) is 201 Å². The quantitative estimate of drug-likeness (QED) is 0.147. The van der Waals surface area contributed by atoms with Gasteiger partial charge >= 0.3 is 0 Å².